The van der Waals surface area contributed by atoms with Crippen molar-refractivity contribution in [3.63, 3.8) is 0 Å². The highest BCUT2D eigenvalue weighted by Crippen LogP contribution is 2.34. The summed E-state index contributed by atoms with van der Waals surface area (Å²) < 4.78 is 28.0. The van der Waals surface area contributed by atoms with Gasteiger partial charge in [-0.15, -0.1) is 0 Å². The van der Waals surface area contributed by atoms with Crippen molar-refractivity contribution in [2.45, 2.75) is 24.8 Å². The van der Waals surface area contributed by atoms with E-state index in [-0.39, 0.29) is 18.2 Å². The molecule has 98 valence electrons. The number of alkyl halides is 2. The van der Waals surface area contributed by atoms with E-state index < -0.39 is 18.4 Å². The zero-order valence-corrected chi connectivity index (χ0v) is 9.85. The minimum absolute atomic E-state index is 0.00399. The second-order valence-corrected chi connectivity index (χ2v) is 4.60. The number of benzene rings is 1. The molecule has 0 atom stereocenters. The van der Waals surface area contributed by atoms with Crippen LogP contribution in [0.4, 0.5) is 8.78 Å². The van der Waals surface area contributed by atoms with Crippen molar-refractivity contribution in [3.8, 4) is 0 Å². The molecule has 3 nitrogen and oxygen atoms in total. The quantitative estimate of drug-likeness (QED) is 0.848. The van der Waals surface area contributed by atoms with E-state index in [0.29, 0.717) is 0 Å². The fourth-order valence-electron chi connectivity index (χ4n) is 1.96. The van der Waals surface area contributed by atoms with Crippen LogP contribution in [0.3, 0.4) is 0 Å². The zero-order chi connectivity index (χ0) is 13.2. The Morgan fingerprint density at radius 3 is 2.44 bits per heavy atom. The molecule has 0 aliphatic heterocycles. The fourth-order valence-corrected chi connectivity index (χ4v) is 1.96. The Kier molecular flexibility index (Phi) is 3.61. The van der Waals surface area contributed by atoms with Crippen LogP contribution in [0.15, 0.2) is 30.3 Å². The fraction of sp³-hybridized carbons (Fsp3) is 0.462. The van der Waals surface area contributed by atoms with Crippen LogP contribution in [-0.4, -0.2) is 35.1 Å². The first-order valence-electron chi connectivity index (χ1n) is 5.88. The number of rotatable bonds is 6. The molecule has 2 rings (SSSR count). The van der Waals surface area contributed by atoms with Crippen molar-refractivity contribution in [1.82, 2.24) is 4.90 Å². The zero-order valence-electron chi connectivity index (χ0n) is 9.85. The molecule has 1 aromatic carbocycles. The van der Waals surface area contributed by atoms with Crippen molar-refractivity contribution in [1.29, 1.82) is 0 Å². The van der Waals surface area contributed by atoms with Gasteiger partial charge in [0, 0.05) is 11.6 Å². The number of nitrogens with zero attached hydrogens (tertiary/aromatic N) is 1. The summed E-state index contributed by atoms with van der Waals surface area (Å²) >= 11 is 0. The van der Waals surface area contributed by atoms with Gasteiger partial charge in [0.15, 0.2) is 0 Å². The van der Waals surface area contributed by atoms with Gasteiger partial charge in [0.2, 0.25) is 0 Å². The van der Waals surface area contributed by atoms with Gasteiger partial charge in [-0.2, -0.15) is 8.78 Å². The molecule has 0 bridgehead atoms. The van der Waals surface area contributed by atoms with Gasteiger partial charge < -0.3 is 5.11 Å². The van der Waals surface area contributed by atoms with E-state index in [1.807, 2.05) is 0 Å². The van der Waals surface area contributed by atoms with Crippen molar-refractivity contribution in [3.05, 3.63) is 35.9 Å². The monoisotopic (exact) mass is 255 g/mol. The highest BCUT2D eigenvalue weighted by Gasteiger charge is 2.39. The first-order chi connectivity index (χ1) is 8.49. The molecule has 18 heavy (non-hydrogen) atoms. The normalized spacial score (nSPS) is 15.9. The summed E-state index contributed by atoms with van der Waals surface area (Å²) in [5.41, 5.74) is -0.0685. The largest absolute Gasteiger partial charge is 0.480 e. The summed E-state index contributed by atoms with van der Waals surface area (Å²) in [6, 6.07) is 7.52. The van der Waals surface area contributed by atoms with Gasteiger partial charge in [0.25, 0.3) is 5.92 Å². The summed E-state index contributed by atoms with van der Waals surface area (Å²) in [6.45, 7) is -0.860. The molecule has 0 amide bonds. The number of carboxylic acid groups (broad SMARTS) is 1. The third-order valence-electron chi connectivity index (χ3n) is 3.00. The van der Waals surface area contributed by atoms with Gasteiger partial charge in [0.1, 0.15) is 0 Å². The van der Waals surface area contributed by atoms with E-state index in [9.17, 15) is 13.6 Å². The SMILES string of the molecule is O=C(O)CN(CC(F)(F)c1ccccc1)C1CC1. The van der Waals surface area contributed by atoms with E-state index >= 15 is 0 Å². The summed E-state index contributed by atoms with van der Waals surface area (Å²) in [7, 11) is 0. The average molecular weight is 255 g/mol. The van der Waals surface area contributed by atoms with Crippen molar-refractivity contribution >= 4 is 5.97 Å². The van der Waals surface area contributed by atoms with Crippen LogP contribution in [0, 0.1) is 0 Å². The van der Waals surface area contributed by atoms with Crippen LogP contribution in [-0.2, 0) is 10.7 Å². The topological polar surface area (TPSA) is 40.5 Å². The summed E-state index contributed by atoms with van der Waals surface area (Å²) in [4.78, 5) is 12.0. The van der Waals surface area contributed by atoms with Crippen LogP contribution in [0.1, 0.15) is 18.4 Å². The predicted molar refractivity (Wildman–Crippen MR) is 62.6 cm³/mol. The maximum atomic E-state index is 14.0. The minimum atomic E-state index is -3.01. The smallest absolute Gasteiger partial charge is 0.317 e. The summed E-state index contributed by atoms with van der Waals surface area (Å²) in [6.07, 6.45) is 1.61. The highest BCUT2D eigenvalue weighted by atomic mass is 19.3. The van der Waals surface area contributed by atoms with Crippen molar-refractivity contribution < 1.29 is 18.7 Å². The Morgan fingerprint density at radius 2 is 1.94 bits per heavy atom. The highest BCUT2D eigenvalue weighted by molar-refractivity contribution is 5.69. The Hall–Kier alpha value is -1.49. The molecular formula is C13H15F2NO2. The lowest BCUT2D eigenvalue weighted by Crippen LogP contribution is -2.40. The molecule has 0 spiro atoms. The van der Waals surface area contributed by atoms with Gasteiger partial charge >= 0.3 is 5.97 Å². The first kappa shape index (κ1) is 13.0. The number of carbonyl (C=O) groups is 1. The first-order valence-corrected chi connectivity index (χ1v) is 5.88. The average Bonchev–Trinajstić information content (AvgIpc) is 3.12. The number of carboxylic acids is 1. The molecule has 1 saturated carbocycles. The van der Waals surface area contributed by atoms with Gasteiger partial charge in [-0.25, -0.2) is 0 Å². The molecule has 0 heterocycles. The van der Waals surface area contributed by atoms with E-state index in [0.717, 1.165) is 12.8 Å². The maximum Gasteiger partial charge on any atom is 0.317 e. The third-order valence-corrected chi connectivity index (χ3v) is 3.00. The Balaban J connectivity index is 2.07. The second kappa shape index (κ2) is 5.02. The molecule has 1 aliphatic rings. The Morgan fingerprint density at radius 1 is 1.33 bits per heavy atom. The van der Waals surface area contributed by atoms with Gasteiger partial charge in [0.05, 0.1) is 13.1 Å². The number of hydrogen-bond donors (Lipinski definition) is 1. The molecule has 0 aromatic heterocycles. The standard InChI is InChI=1S/C13H15F2NO2/c14-13(15,10-4-2-1-3-5-10)9-16(8-12(17)18)11-6-7-11/h1-5,11H,6-9H2,(H,17,18). The number of halogens is 2. The van der Waals surface area contributed by atoms with Crippen LogP contribution in [0.2, 0.25) is 0 Å². The van der Waals surface area contributed by atoms with Gasteiger partial charge in [-0.05, 0) is 12.8 Å². The number of aliphatic carboxylic acids is 1. The molecule has 1 fully saturated rings. The Labute approximate surface area is 104 Å². The Bertz CT molecular complexity index is 418. The molecule has 5 heteroatoms. The molecule has 0 saturated heterocycles. The predicted octanol–water partition coefficient (Wildman–Crippen LogP) is 2.33. The minimum Gasteiger partial charge on any atom is -0.480 e. The van der Waals surface area contributed by atoms with Crippen molar-refractivity contribution in [2.24, 2.45) is 0 Å². The van der Waals surface area contributed by atoms with E-state index in [1.165, 1.54) is 17.0 Å². The lowest BCUT2D eigenvalue weighted by Gasteiger charge is -2.26. The van der Waals surface area contributed by atoms with E-state index in [4.69, 9.17) is 5.11 Å². The van der Waals surface area contributed by atoms with Crippen LogP contribution in [0.25, 0.3) is 0 Å². The molecule has 1 aliphatic carbocycles. The van der Waals surface area contributed by atoms with Crippen molar-refractivity contribution in [2.75, 3.05) is 13.1 Å². The molecular weight excluding hydrogens is 240 g/mol. The summed E-state index contributed by atoms with van der Waals surface area (Å²) in [5.74, 6) is -4.08. The van der Waals surface area contributed by atoms with Gasteiger partial charge in [-0.3, -0.25) is 9.69 Å². The lowest BCUT2D eigenvalue weighted by molar-refractivity contribution is -0.140. The third kappa shape index (κ3) is 3.26. The van der Waals surface area contributed by atoms with E-state index in [2.05, 4.69) is 0 Å². The van der Waals surface area contributed by atoms with E-state index in [1.54, 1.807) is 18.2 Å². The molecule has 1 aromatic rings. The second-order valence-electron chi connectivity index (χ2n) is 4.60. The van der Waals surface area contributed by atoms with Gasteiger partial charge in [-0.1, -0.05) is 30.3 Å². The maximum absolute atomic E-state index is 14.0. The molecule has 0 unspecified atom stereocenters. The molecule has 0 radical (unpaired) electrons. The molecule has 1 N–H and O–H groups in total. The summed E-state index contributed by atoms with van der Waals surface area (Å²) in [5, 5.41) is 8.74. The lowest BCUT2D eigenvalue weighted by atomic mass is 10.1. The van der Waals surface area contributed by atoms with Crippen LogP contribution < -0.4 is 0 Å². The number of hydrogen-bond acceptors (Lipinski definition) is 2. The van der Waals surface area contributed by atoms with Crippen LogP contribution >= 0.6 is 0 Å². The van der Waals surface area contributed by atoms with Crippen LogP contribution in [0.5, 0.6) is 0 Å².